The van der Waals surface area contributed by atoms with E-state index >= 15 is 0 Å². The zero-order valence-electron chi connectivity index (χ0n) is 17.3. The van der Waals surface area contributed by atoms with Gasteiger partial charge in [0, 0.05) is 20.1 Å². The maximum absolute atomic E-state index is 13.6. The number of rotatable bonds is 6. The summed E-state index contributed by atoms with van der Waals surface area (Å²) in [6, 6.07) is 8.94. The maximum Gasteiger partial charge on any atom is 0.276 e. The number of hydrogen-bond donors (Lipinski definition) is 3. The van der Waals surface area contributed by atoms with Gasteiger partial charge >= 0.3 is 0 Å². The Morgan fingerprint density at radius 1 is 1.26 bits per heavy atom. The zero-order chi connectivity index (χ0) is 23.0. The summed E-state index contributed by atoms with van der Waals surface area (Å²) < 4.78 is 25.2. The number of aromatic nitrogens is 1. The molecule has 166 valence electrons. The lowest BCUT2D eigenvalue weighted by atomic mass is 9.71. The highest BCUT2D eigenvalue weighted by Gasteiger charge is 2.54. The fourth-order valence-electron chi connectivity index (χ4n) is 3.70. The molecule has 11 heteroatoms. The number of anilines is 1. The van der Waals surface area contributed by atoms with Crippen LogP contribution < -0.4 is 15.8 Å². The van der Waals surface area contributed by atoms with Crippen molar-refractivity contribution in [3.8, 4) is 0 Å². The van der Waals surface area contributed by atoms with E-state index in [2.05, 4.69) is 31.5 Å². The quantitative estimate of drug-likeness (QED) is 0.509. The molecule has 2 amide bonds. The molecule has 2 heterocycles. The van der Waals surface area contributed by atoms with Gasteiger partial charge in [-0.25, -0.2) is 10.1 Å². The first kappa shape index (κ1) is 23.3. The molecule has 1 aliphatic heterocycles. The molecule has 1 aliphatic rings. The van der Waals surface area contributed by atoms with Crippen molar-refractivity contribution >= 4 is 43.6 Å². The summed E-state index contributed by atoms with van der Waals surface area (Å²) in [6.45, 7) is 3.81. The smallest absolute Gasteiger partial charge is 0.276 e. The average molecular weight is 510 g/mol. The number of amides is 2. The summed E-state index contributed by atoms with van der Waals surface area (Å²) in [5.41, 5.74) is 0.970. The number of pyridine rings is 1. The second kappa shape index (κ2) is 8.65. The van der Waals surface area contributed by atoms with Gasteiger partial charge in [-0.05, 0) is 39.0 Å². The number of nitrogens with zero attached hydrogens (tertiary/aromatic N) is 2. The Hall–Kier alpha value is -2.34. The molecule has 4 N–H and O–H groups in total. The highest BCUT2D eigenvalue weighted by atomic mass is 79.9. The second-order valence-electron chi connectivity index (χ2n) is 7.72. The number of nitrogens with two attached hydrogens (primary N) is 1. The minimum absolute atomic E-state index is 0.0966. The third-order valence-corrected chi connectivity index (χ3v) is 6.79. The Balaban J connectivity index is 2.05. The highest BCUT2D eigenvalue weighted by Crippen LogP contribution is 2.40. The van der Waals surface area contributed by atoms with E-state index in [0.717, 1.165) is 15.4 Å². The van der Waals surface area contributed by atoms with E-state index < -0.39 is 27.4 Å². The molecular formula is C20H24BrN5O4S. The molecule has 0 aliphatic carbocycles. The van der Waals surface area contributed by atoms with Gasteiger partial charge in [0.05, 0.1) is 17.4 Å². The van der Waals surface area contributed by atoms with Crippen molar-refractivity contribution in [3.63, 3.8) is 0 Å². The molecule has 0 bridgehead atoms. The van der Waals surface area contributed by atoms with Crippen molar-refractivity contribution < 1.29 is 18.0 Å². The molecular weight excluding hydrogens is 486 g/mol. The minimum atomic E-state index is -3.95. The summed E-state index contributed by atoms with van der Waals surface area (Å²) in [5.74, 6) is -0.718. The molecule has 0 radical (unpaired) electrons. The van der Waals surface area contributed by atoms with Gasteiger partial charge in [-0.15, -0.1) is 0 Å². The fourth-order valence-corrected chi connectivity index (χ4v) is 4.83. The van der Waals surface area contributed by atoms with Crippen LogP contribution in [0.2, 0.25) is 0 Å². The number of carbonyl (C=O) groups is 2. The van der Waals surface area contributed by atoms with Gasteiger partial charge in [-0.1, -0.05) is 38.1 Å². The molecule has 0 unspecified atom stereocenters. The first-order valence-electron chi connectivity index (χ1n) is 9.56. The van der Waals surface area contributed by atoms with Crippen molar-refractivity contribution in [3.05, 3.63) is 57.8 Å². The van der Waals surface area contributed by atoms with Crippen molar-refractivity contribution in [2.45, 2.75) is 25.2 Å². The monoisotopic (exact) mass is 509 g/mol. The topological polar surface area (TPSA) is 134 Å². The first-order valence-corrected chi connectivity index (χ1v) is 11.9. The van der Waals surface area contributed by atoms with Crippen molar-refractivity contribution in [2.75, 3.05) is 25.5 Å². The highest BCUT2D eigenvalue weighted by molar-refractivity contribution is 9.10. The number of carbonyl (C=O) groups excluding carboxylic acids is 2. The van der Waals surface area contributed by atoms with E-state index in [1.165, 1.54) is 19.3 Å². The Bertz CT molecular complexity index is 1130. The molecule has 31 heavy (non-hydrogen) atoms. The maximum atomic E-state index is 13.6. The normalized spacial score (nSPS) is 15.9. The van der Waals surface area contributed by atoms with Gasteiger partial charge in [-0.3, -0.25) is 9.59 Å². The minimum Gasteiger partial charge on any atom is -0.355 e. The van der Waals surface area contributed by atoms with E-state index in [4.69, 9.17) is 5.14 Å². The van der Waals surface area contributed by atoms with Crippen LogP contribution in [0.3, 0.4) is 0 Å². The molecule has 1 aromatic carbocycles. The molecule has 1 aromatic heterocycles. The van der Waals surface area contributed by atoms with Crippen LogP contribution >= 0.6 is 15.9 Å². The largest absolute Gasteiger partial charge is 0.355 e. The van der Waals surface area contributed by atoms with Crippen molar-refractivity contribution in [1.82, 2.24) is 14.6 Å². The third-order valence-electron chi connectivity index (χ3n) is 5.38. The SMILES string of the molecule is CNC(=O)c1cc(Br)ncc1NC(=O)C1(c2ccccc2C(C)C)CN(S(N)(=O)=O)C1. The second-order valence-corrected chi connectivity index (χ2v) is 10.1. The van der Waals surface area contributed by atoms with Crippen LogP contribution in [0, 0.1) is 0 Å². The Kier molecular flexibility index (Phi) is 6.51. The van der Waals surface area contributed by atoms with Crippen LogP contribution in [0.15, 0.2) is 41.1 Å². The predicted molar refractivity (Wildman–Crippen MR) is 121 cm³/mol. The number of nitrogens with one attached hydrogen (secondary N) is 2. The van der Waals surface area contributed by atoms with Crippen LogP contribution in [0.5, 0.6) is 0 Å². The van der Waals surface area contributed by atoms with Crippen molar-refractivity contribution in [2.24, 2.45) is 5.14 Å². The lowest BCUT2D eigenvalue weighted by Gasteiger charge is -2.48. The van der Waals surface area contributed by atoms with Crippen LogP contribution in [-0.4, -0.2) is 49.7 Å². The van der Waals surface area contributed by atoms with Crippen LogP contribution in [-0.2, 0) is 20.4 Å². The molecule has 0 spiro atoms. The zero-order valence-corrected chi connectivity index (χ0v) is 19.7. The average Bonchev–Trinajstić information content (AvgIpc) is 2.67. The molecule has 1 fully saturated rings. The molecule has 3 rings (SSSR count). The lowest BCUT2D eigenvalue weighted by molar-refractivity contribution is -0.125. The molecule has 0 saturated carbocycles. The van der Waals surface area contributed by atoms with Gasteiger partial charge < -0.3 is 10.6 Å². The van der Waals surface area contributed by atoms with Crippen molar-refractivity contribution in [1.29, 1.82) is 0 Å². The summed E-state index contributed by atoms with van der Waals surface area (Å²) >= 11 is 3.23. The third kappa shape index (κ3) is 4.49. The standard InChI is InChI=1S/C20H24BrN5O4S/c1-12(2)13-6-4-5-7-15(13)20(10-26(11-20)31(22,29)30)19(28)25-16-9-24-17(21)8-14(16)18(27)23-3/h4-9,12H,10-11H2,1-3H3,(H,23,27)(H,25,28)(H2,22,29,30). The fraction of sp³-hybridized carbons (Fsp3) is 0.350. The van der Waals surface area contributed by atoms with Gasteiger partial charge in [0.1, 0.15) is 10.0 Å². The summed E-state index contributed by atoms with van der Waals surface area (Å²) in [7, 11) is -2.46. The van der Waals surface area contributed by atoms with Gasteiger partial charge in [0.15, 0.2) is 0 Å². The van der Waals surface area contributed by atoms with E-state index in [0.29, 0.717) is 4.60 Å². The number of halogens is 1. The lowest BCUT2D eigenvalue weighted by Crippen LogP contribution is -2.67. The van der Waals surface area contributed by atoms with Crippen LogP contribution in [0.4, 0.5) is 5.69 Å². The number of benzene rings is 1. The molecule has 9 nitrogen and oxygen atoms in total. The van der Waals surface area contributed by atoms with E-state index in [1.54, 1.807) is 0 Å². The Morgan fingerprint density at radius 3 is 2.48 bits per heavy atom. The summed E-state index contributed by atoms with van der Waals surface area (Å²) in [6.07, 6.45) is 1.38. The molecule has 1 saturated heterocycles. The van der Waals surface area contributed by atoms with E-state index in [9.17, 15) is 18.0 Å². The predicted octanol–water partition coefficient (Wildman–Crippen LogP) is 1.72. The van der Waals surface area contributed by atoms with Crippen LogP contribution in [0.1, 0.15) is 41.3 Å². The van der Waals surface area contributed by atoms with Gasteiger partial charge in [0.2, 0.25) is 5.91 Å². The molecule has 0 atom stereocenters. The molecule has 2 aromatic rings. The number of hydrogen-bond acceptors (Lipinski definition) is 5. The summed E-state index contributed by atoms with van der Waals surface area (Å²) in [4.78, 5) is 30.0. The van der Waals surface area contributed by atoms with Gasteiger partial charge in [-0.2, -0.15) is 12.7 Å². The first-order chi connectivity index (χ1) is 14.5. The Labute approximate surface area is 189 Å². The van der Waals surface area contributed by atoms with Gasteiger partial charge in [0.25, 0.3) is 16.1 Å². The van der Waals surface area contributed by atoms with E-state index in [1.807, 2.05) is 38.1 Å². The van der Waals surface area contributed by atoms with Crippen LogP contribution in [0.25, 0.3) is 0 Å². The Morgan fingerprint density at radius 2 is 1.90 bits per heavy atom. The van der Waals surface area contributed by atoms with E-state index in [-0.39, 0.29) is 30.3 Å². The summed E-state index contributed by atoms with van der Waals surface area (Å²) in [5, 5.41) is 10.6.